The quantitative estimate of drug-likeness (QED) is 0.639. The molecule has 0 saturated heterocycles. The first-order valence-corrected chi connectivity index (χ1v) is 4.95. The number of methoxy groups -OCH3 is 1. The Hall–Kier alpha value is -0.0800. The molecular formula is C10H23NO. The molecule has 2 heteroatoms. The van der Waals surface area contributed by atoms with Gasteiger partial charge in [0.1, 0.15) is 0 Å². The van der Waals surface area contributed by atoms with Crippen LogP contribution in [0.4, 0.5) is 0 Å². The lowest BCUT2D eigenvalue weighted by molar-refractivity contribution is 0.164. The van der Waals surface area contributed by atoms with E-state index in [1.54, 1.807) is 7.11 Å². The lowest BCUT2D eigenvalue weighted by Crippen LogP contribution is -2.22. The number of hydrogen-bond donors (Lipinski definition) is 1. The molecule has 0 saturated carbocycles. The van der Waals surface area contributed by atoms with Crippen molar-refractivity contribution in [2.45, 2.75) is 33.1 Å². The Labute approximate surface area is 76.5 Å². The Morgan fingerprint density at radius 3 is 2.42 bits per heavy atom. The van der Waals surface area contributed by atoms with E-state index in [0.29, 0.717) is 11.8 Å². The number of rotatable bonds is 7. The molecule has 0 rings (SSSR count). The van der Waals surface area contributed by atoms with E-state index in [9.17, 15) is 0 Å². The van der Waals surface area contributed by atoms with E-state index >= 15 is 0 Å². The highest BCUT2D eigenvalue weighted by Crippen LogP contribution is 2.19. The van der Waals surface area contributed by atoms with Gasteiger partial charge in [-0.1, -0.05) is 20.3 Å². The molecule has 0 aromatic heterocycles. The molecule has 0 spiro atoms. The molecule has 2 unspecified atom stereocenters. The predicted molar refractivity (Wildman–Crippen MR) is 53.1 cm³/mol. The molecule has 0 radical (unpaired) electrons. The summed E-state index contributed by atoms with van der Waals surface area (Å²) in [7, 11) is 1.75. The summed E-state index contributed by atoms with van der Waals surface area (Å²) in [5.74, 6) is 1.39. The minimum atomic E-state index is 0.685. The van der Waals surface area contributed by atoms with Crippen molar-refractivity contribution in [3.8, 4) is 0 Å². The lowest BCUT2D eigenvalue weighted by atomic mass is 9.88. The van der Waals surface area contributed by atoms with E-state index in [2.05, 4.69) is 13.8 Å². The summed E-state index contributed by atoms with van der Waals surface area (Å²) in [5, 5.41) is 0. The molecule has 12 heavy (non-hydrogen) atoms. The molecule has 2 N–H and O–H groups in total. The van der Waals surface area contributed by atoms with Crippen molar-refractivity contribution in [1.29, 1.82) is 0 Å². The van der Waals surface area contributed by atoms with Crippen molar-refractivity contribution in [1.82, 2.24) is 0 Å². The van der Waals surface area contributed by atoms with Crippen LogP contribution < -0.4 is 5.73 Å². The van der Waals surface area contributed by atoms with Crippen LogP contribution in [0.3, 0.4) is 0 Å². The molecule has 0 heterocycles. The van der Waals surface area contributed by atoms with Crippen LogP contribution in [0.25, 0.3) is 0 Å². The third kappa shape index (κ3) is 4.73. The zero-order valence-corrected chi connectivity index (χ0v) is 8.68. The molecule has 0 aliphatic carbocycles. The summed E-state index contributed by atoms with van der Waals surface area (Å²) in [6, 6.07) is 0. The number of nitrogens with two attached hydrogens (primary N) is 1. The van der Waals surface area contributed by atoms with Crippen molar-refractivity contribution in [2.24, 2.45) is 17.6 Å². The molecule has 0 aliphatic heterocycles. The topological polar surface area (TPSA) is 35.2 Å². The molecule has 0 aromatic rings. The van der Waals surface area contributed by atoms with E-state index < -0.39 is 0 Å². The van der Waals surface area contributed by atoms with Crippen LogP contribution >= 0.6 is 0 Å². The summed E-state index contributed by atoms with van der Waals surface area (Å²) < 4.78 is 5.04. The van der Waals surface area contributed by atoms with Crippen molar-refractivity contribution in [3.63, 3.8) is 0 Å². The zero-order valence-electron chi connectivity index (χ0n) is 8.68. The van der Waals surface area contributed by atoms with E-state index in [1.165, 1.54) is 12.8 Å². The molecule has 2 atom stereocenters. The second-order valence-electron chi connectivity index (χ2n) is 3.54. The van der Waals surface area contributed by atoms with Crippen LogP contribution in [-0.2, 0) is 4.74 Å². The Morgan fingerprint density at radius 1 is 1.33 bits per heavy atom. The van der Waals surface area contributed by atoms with Gasteiger partial charge in [-0.05, 0) is 31.2 Å². The van der Waals surface area contributed by atoms with Gasteiger partial charge >= 0.3 is 0 Å². The molecule has 0 aromatic carbocycles. The van der Waals surface area contributed by atoms with Gasteiger partial charge < -0.3 is 10.5 Å². The van der Waals surface area contributed by atoms with Gasteiger partial charge in [0, 0.05) is 13.7 Å². The fourth-order valence-electron chi connectivity index (χ4n) is 1.54. The van der Waals surface area contributed by atoms with E-state index in [-0.39, 0.29) is 0 Å². The minimum Gasteiger partial charge on any atom is -0.385 e. The highest BCUT2D eigenvalue weighted by molar-refractivity contribution is 4.66. The monoisotopic (exact) mass is 173 g/mol. The van der Waals surface area contributed by atoms with Crippen LogP contribution in [-0.4, -0.2) is 20.3 Å². The molecule has 0 aliphatic rings. The van der Waals surface area contributed by atoms with Gasteiger partial charge in [0.2, 0.25) is 0 Å². The summed E-state index contributed by atoms with van der Waals surface area (Å²) >= 11 is 0. The Morgan fingerprint density at radius 2 is 2.00 bits per heavy atom. The van der Waals surface area contributed by atoms with E-state index in [1.807, 2.05) is 0 Å². The number of ether oxygens (including phenoxy) is 1. The molecule has 0 bridgehead atoms. The maximum atomic E-state index is 5.69. The Bertz CT molecular complexity index is 95.8. The molecule has 74 valence electrons. The van der Waals surface area contributed by atoms with Crippen molar-refractivity contribution >= 4 is 0 Å². The molecule has 0 fully saturated rings. The second-order valence-corrected chi connectivity index (χ2v) is 3.54. The predicted octanol–water partition coefficient (Wildman–Crippen LogP) is 2.03. The van der Waals surface area contributed by atoms with Crippen molar-refractivity contribution in [3.05, 3.63) is 0 Å². The standard InChI is InChI=1S/C10H23NO/c1-4-5-10(8-11)9(2)6-7-12-3/h9-10H,4-8,11H2,1-3H3. The van der Waals surface area contributed by atoms with Gasteiger partial charge in [0.25, 0.3) is 0 Å². The fraction of sp³-hybridized carbons (Fsp3) is 1.00. The summed E-state index contributed by atoms with van der Waals surface area (Å²) in [4.78, 5) is 0. The minimum absolute atomic E-state index is 0.685. The Kier molecular flexibility index (Phi) is 7.51. The smallest absolute Gasteiger partial charge is 0.0464 e. The third-order valence-electron chi connectivity index (χ3n) is 2.54. The first-order valence-electron chi connectivity index (χ1n) is 4.95. The van der Waals surface area contributed by atoms with Crippen LogP contribution in [0.5, 0.6) is 0 Å². The van der Waals surface area contributed by atoms with Crippen LogP contribution in [0.2, 0.25) is 0 Å². The maximum absolute atomic E-state index is 5.69. The third-order valence-corrected chi connectivity index (χ3v) is 2.54. The first kappa shape index (κ1) is 11.9. The van der Waals surface area contributed by atoms with Crippen LogP contribution in [0.15, 0.2) is 0 Å². The summed E-state index contributed by atoms with van der Waals surface area (Å²) in [6.45, 7) is 6.16. The van der Waals surface area contributed by atoms with Crippen LogP contribution in [0, 0.1) is 11.8 Å². The van der Waals surface area contributed by atoms with Gasteiger partial charge in [-0.25, -0.2) is 0 Å². The maximum Gasteiger partial charge on any atom is 0.0464 e. The van der Waals surface area contributed by atoms with Gasteiger partial charge in [0.15, 0.2) is 0 Å². The highest BCUT2D eigenvalue weighted by atomic mass is 16.5. The zero-order chi connectivity index (χ0) is 9.40. The fourth-order valence-corrected chi connectivity index (χ4v) is 1.54. The normalized spacial score (nSPS) is 16.0. The van der Waals surface area contributed by atoms with E-state index in [0.717, 1.165) is 19.6 Å². The molecular weight excluding hydrogens is 150 g/mol. The van der Waals surface area contributed by atoms with Gasteiger partial charge in [-0.3, -0.25) is 0 Å². The number of hydrogen-bond acceptors (Lipinski definition) is 2. The first-order chi connectivity index (χ1) is 5.76. The highest BCUT2D eigenvalue weighted by Gasteiger charge is 2.13. The summed E-state index contributed by atoms with van der Waals surface area (Å²) in [6.07, 6.45) is 3.62. The summed E-state index contributed by atoms with van der Waals surface area (Å²) in [5.41, 5.74) is 5.69. The van der Waals surface area contributed by atoms with Crippen molar-refractivity contribution in [2.75, 3.05) is 20.3 Å². The average Bonchev–Trinajstić information content (AvgIpc) is 2.10. The molecule has 0 amide bonds. The molecule has 2 nitrogen and oxygen atoms in total. The van der Waals surface area contributed by atoms with Gasteiger partial charge in [-0.15, -0.1) is 0 Å². The van der Waals surface area contributed by atoms with E-state index in [4.69, 9.17) is 10.5 Å². The second kappa shape index (κ2) is 7.56. The lowest BCUT2D eigenvalue weighted by Gasteiger charge is -2.21. The van der Waals surface area contributed by atoms with Crippen LogP contribution in [0.1, 0.15) is 33.1 Å². The Balaban J connectivity index is 3.60. The van der Waals surface area contributed by atoms with Crippen molar-refractivity contribution < 1.29 is 4.74 Å². The average molecular weight is 173 g/mol. The SMILES string of the molecule is CCCC(CN)C(C)CCOC. The van der Waals surface area contributed by atoms with Gasteiger partial charge in [0.05, 0.1) is 0 Å². The van der Waals surface area contributed by atoms with Gasteiger partial charge in [-0.2, -0.15) is 0 Å². The largest absolute Gasteiger partial charge is 0.385 e.